The van der Waals surface area contributed by atoms with Crippen molar-refractivity contribution in [2.75, 3.05) is 0 Å². The summed E-state index contributed by atoms with van der Waals surface area (Å²) in [5, 5.41) is 0.932. The van der Waals surface area contributed by atoms with Gasteiger partial charge in [0, 0.05) is 18.7 Å². The van der Waals surface area contributed by atoms with E-state index in [1.54, 1.807) is 24.3 Å². The third-order valence-corrected chi connectivity index (χ3v) is 2.84. The topological polar surface area (TPSA) is 48.1 Å². The largest absolute Gasteiger partial charge is 0.439 e. The highest BCUT2D eigenvalue weighted by Crippen LogP contribution is 2.28. The zero-order valence-electron chi connectivity index (χ0n) is 8.86. The Labute approximate surface area is 109 Å². The molecular weight excluding hydrogens is 259 g/mol. The molecule has 2 N–H and O–H groups in total. The molecule has 2 rings (SSSR count). The standard InChI is InChI=1S/C12H10Cl2N2O/c13-10-5-4-9(6-11(10)14)17-12-3-1-2-8(7-15)16-12/h1-6H,7,15H2. The molecule has 0 saturated heterocycles. The molecule has 17 heavy (non-hydrogen) atoms. The van der Waals surface area contributed by atoms with Gasteiger partial charge in [-0.2, -0.15) is 0 Å². The van der Waals surface area contributed by atoms with Crippen LogP contribution in [0.4, 0.5) is 0 Å². The van der Waals surface area contributed by atoms with Crippen molar-refractivity contribution in [1.29, 1.82) is 0 Å². The Morgan fingerprint density at radius 2 is 1.94 bits per heavy atom. The first-order valence-electron chi connectivity index (χ1n) is 4.98. The van der Waals surface area contributed by atoms with Crippen LogP contribution >= 0.6 is 23.2 Å². The second kappa shape index (κ2) is 5.36. The molecule has 0 fully saturated rings. The second-order valence-electron chi connectivity index (χ2n) is 3.35. The van der Waals surface area contributed by atoms with Crippen LogP contribution in [0.15, 0.2) is 36.4 Å². The van der Waals surface area contributed by atoms with E-state index in [1.165, 1.54) is 0 Å². The molecule has 1 aromatic carbocycles. The average Bonchev–Trinajstić information content (AvgIpc) is 2.34. The summed E-state index contributed by atoms with van der Waals surface area (Å²) >= 11 is 11.7. The first-order valence-corrected chi connectivity index (χ1v) is 5.73. The Morgan fingerprint density at radius 3 is 2.65 bits per heavy atom. The monoisotopic (exact) mass is 268 g/mol. The number of pyridine rings is 1. The van der Waals surface area contributed by atoms with Crippen LogP contribution in [-0.2, 0) is 6.54 Å². The Bertz CT molecular complexity index is 532. The van der Waals surface area contributed by atoms with E-state index >= 15 is 0 Å². The Morgan fingerprint density at radius 1 is 1.12 bits per heavy atom. The molecule has 1 heterocycles. The SMILES string of the molecule is NCc1cccc(Oc2ccc(Cl)c(Cl)c2)n1. The number of aromatic nitrogens is 1. The number of ether oxygens (including phenoxy) is 1. The first-order chi connectivity index (χ1) is 8.19. The van der Waals surface area contributed by atoms with Crippen molar-refractivity contribution >= 4 is 23.2 Å². The van der Waals surface area contributed by atoms with Gasteiger partial charge in [0.1, 0.15) is 5.75 Å². The van der Waals surface area contributed by atoms with Crippen LogP contribution in [0.3, 0.4) is 0 Å². The van der Waals surface area contributed by atoms with Crippen LogP contribution in [0, 0.1) is 0 Å². The zero-order valence-corrected chi connectivity index (χ0v) is 10.4. The van der Waals surface area contributed by atoms with Crippen LogP contribution in [-0.4, -0.2) is 4.98 Å². The van der Waals surface area contributed by atoms with E-state index < -0.39 is 0 Å². The van der Waals surface area contributed by atoms with Gasteiger partial charge >= 0.3 is 0 Å². The predicted molar refractivity (Wildman–Crippen MR) is 68.7 cm³/mol. The van der Waals surface area contributed by atoms with E-state index in [4.69, 9.17) is 33.7 Å². The molecule has 0 spiro atoms. The van der Waals surface area contributed by atoms with Crippen LogP contribution in [0.2, 0.25) is 10.0 Å². The zero-order chi connectivity index (χ0) is 12.3. The Balaban J connectivity index is 2.22. The summed E-state index contributed by atoms with van der Waals surface area (Å²) in [6.45, 7) is 0.374. The Kier molecular flexibility index (Phi) is 3.84. The molecule has 88 valence electrons. The van der Waals surface area contributed by atoms with E-state index in [-0.39, 0.29) is 0 Å². The lowest BCUT2D eigenvalue weighted by Crippen LogP contribution is -2.00. The number of nitrogens with two attached hydrogens (primary N) is 1. The highest BCUT2D eigenvalue weighted by molar-refractivity contribution is 6.42. The van der Waals surface area contributed by atoms with E-state index in [2.05, 4.69) is 4.98 Å². The average molecular weight is 269 g/mol. The molecule has 0 unspecified atom stereocenters. The first kappa shape index (κ1) is 12.2. The normalized spacial score (nSPS) is 10.3. The number of hydrogen-bond acceptors (Lipinski definition) is 3. The number of nitrogens with zero attached hydrogens (tertiary/aromatic N) is 1. The molecule has 0 aliphatic rings. The van der Waals surface area contributed by atoms with E-state index in [0.717, 1.165) is 5.69 Å². The van der Waals surface area contributed by atoms with Gasteiger partial charge in [-0.1, -0.05) is 29.3 Å². The van der Waals surface area contributed by atoms with Gasteiger partial charge < -0.3 is 10.5 Å². The molecular formula is C12H10Cl2N2O. The third-order valence-electron chi connectivity index (χ3n) is 2.10. The molecule has 0 bridgehead atoms. The maximum atomic E-state index is 5.89. The highest BCUT2D eigenvalue weighted by atomic mass is 35.5. The van der Waals surface area contributed by atoms with Gasteiger partial charge in [0.2, 0.25) is 5.88 Å². The number of hydrogen-bond donors (Lipinski definition) is 1. The van der Waals surface area contributed by atoms with Gasteiger partial charge in [-0.05, 0) is 18.2 Å². The second-order valence-corrected chi connectivity index (χ2v) is 4.16. The van der Waals surface area contributed by atoms with Crippen molar-refractivity contribution in [3.8, 4) is 11.6 Å². The number of rotatable bonds is 3. The van der Waals surface area contributed by atoms with E-state index in [1.807, 2.05) is 12.1 Å². The quantitative estimate of drug-likeness (QED) is 0.925. The molecule has 3 nitrogen and oxygen atoms in total. The maximum absolute atomic E-state index is 5.89. The molecule has 0 radical (unpaired) electrons. The molecule has 0 aliphatic heterocycles. The molecule has 1 aromatic heterocycles. The third kappa shape index (κ3) is 3.09. The lowest BCUT2D eigenvalue weighted by molar-refractivity contribution is 0.461. The van der Waals surface area contributed by atoms with Crippen LogP contribution in [0.5, 0.6) is 11.6 Å². The minimum atomic E-state index is 0.374. The van der Waals surface area contributed by atoms with E-state index in [9.17, 15) is 0 Å². The van der Waals surface area contributed by atoms with Crippen LogP contribution in [0.1, 0.15) is 5.69 Å². The minimum absolute atomic E-state index is 0.374. The van der Waals surface area contributed by atoms with E-state index in [0.29, 0.717) is 28.2 Å². The van der Waals surface area contributed by atoms with Gasteiger partial charge in [0.15, 0.2) is 0 Å². The molecule has 2 aromatic rings. The summed E-state index contributed by atoms with van der Waals surface area (Å²) in [6, 6.07) is 10.5. The van der Waals surface area contributed by atoms with Crippen LogP contribution < -0.4 is 10.5 Å². The molecule has 0 aliphatic carbocycles. The lowest BCUT2D eigenvalue weighted by atomic mass is 10.3. The van der Waals surface area contributed by atoms with Crippen molar-refractivity contribution < 1.29 is 4.74 Å². The van der Waals surface area contributed by atoms with Gasteiger partial charge in [0.05, 0.1) is 15.7 Å². The fraction of sp³-hybridized carbons (Fsp3) is 0.0833. The summed E-state index contributed by atoms with van der Waals surface area (Å²) in [5.41, 5.74) is 6.27. The van der Waals surface area contributed by atoms with Crippen LogP contribution in [0.25, 0.3) is 0 Å². The van der Waals surface area contributed by atoms with Gasteiger partial charge in [-0.15, -0.1) is 0 Å². The van der Waals surface area contributed by atoms with Crippen molar-refractivity contribution in [3.05, 3.63) is 52.1 Å². The molecule has 5 heteroatoms. The van der Waals surface area contributed by atoms with Crippen molar-refractivity contribution in [3.63, 3.8) is 0 Å². The predicted octanol–water partition coefficient (Wildman–Crippen LogP) is 3.64. The molecule has 0 saturated carbocycles. The minimum Gasteiger partial charge on any atom is -0.439 e. The smallest absolute Gasteiger partial charge is 0.219 e. The summed E-state index contributed by atoms with van der Waals surface area (Å²) < 4.78 is 5.55. The summed E-state index contributed by atoms with van der Waals surface area (Å²) in [5.74, 6) is 1.06. The molecule has 0 atom stereocenters. The summed E-state index contributed by atoms with van der Waals surface area (Å²) in [4.78, 5) is 4.22. The van der Waals surface area contributed by atoms with Gasteiger partial charge in [-0.25, -0.2) is 4.98 Å². The van der Waals surface area contributed by atoms with Crippen molar-refractivity contribution in [2.24, 2.45) is 5.73 Å². The summed E-state index contributed by atoms with van der Waals surface area (Å²) in [6.07, 6.45) is 0. The van der Waals surface area contributed by atoms with Gasteiger partial charge in [0.25, 0.3) is 0 Å². The fourth-order valence-electron chi connectivity index (χ4n) is 1.29. The van der Waals surface area contributed by atoms with Crippen molar-refractivity contribution in [1.82, 2.24) is 4.98 Å². The molecule has 0 amide bonds. The number of halogens is 2. The maximum Gasteiger partial charge on any atom is 0.219 e. The summed E-state index contributed by atoms with van der Waals surface area (Å²) in [7, 11) is 0. The highest BCUT2D eigenvalue weighted by Gasteiger charge is 2.03. The Hall–Kier alpha value is -1.29. The lowest BCUT2D eigenvalue weighted by Gasteiger charge is -2.06. The number of benzene rings is 1. The van der Waals surface area contributed by atoms with Crippen molar-refractivity contribution in [2.45, 2.75) is 6.54 Å². The fourth-order valence-corrected chi connectivity index (χ4v) is 1.58. The van der Waals surface area contributed by atoms with Gasteiger partial charge in [-0.3, -0.25) is 0 Å².